The van der Waals surface area contributed by atoms with Crippen LogP contribution in [0.3, 0.4) is 0 Å². The van der Waals surface area contributed by atoms with Crippen LogP contribution in [0, 0.1) is 5.92 Å². The standard InChI is InChI=1S/C9H17N3/c1-5-3-7-8(12-9(5)10)4-6(2)11-7/h5-8,11H,3-4H2,1-2H3,(H2,10,12). The van der Waals surface area contributed by atoms with E-state index in [9.17, 15) is 0 Å². The molecule has 0 aromatic rings. The second kappa shape index (κ2) is 2.73. The van der Waals surface area contributed by atoms with Crippen LogP contribution in [0.1, 0.15) is 26.7 Å². The minimum atomic E-state index is 0.455. The van der Waals surface area contributed by atoms with Gasteiger partial charge in [-0.1, -0.05) is 6.92 Å². The highest BCUT2D eigenvalue weighted by Crippen LogP contribution is 2.26. The SMILES string of the molecule is CC1CC2N=C(N)C(C)CC2N1. The molecule has 2 aliphatic rings. The first-order valence-corrected chi connectivity index (χ1v) is 4.76. The zero-order chi connectivity index (χ0) is 8.72. The van der Waals surface area contributed by atoms with Crippen LogP contribution in [0.4, 0.5) is 0 Å². The minimum Gasteiger partial charge on any atom is -0.387 e. The van der Waals surface area contributed by atoms with Crippen LogP contribution >= 0.6 is 0 Å². The molecular formula is C9H17N3. The maximum atomic E-state index is 5.80. The summed E-state index contributed by atoms with van der Waals surface area (Å²) < 4.78 is 0. The number of amidine groups is 1. The van der Waals surface area contributed by atoms with Crippen molar-refractivity contribution in [2.45, 2.75) is 44.8 Å². The van der Waals surface area contributed by atoms with Crippen LogP contribution in [0.15, 0.2) is 4.99 Å². The number of hydrogen-bond acceptors (Lipinski definition) is 3. The molecule has 1 fully saturated rings. The summed E-state index contributed by atoms with van der Waals surface area (Å²) in [6.45, 7) is 4.37. The zero-order valence-corrected chi connectivity index (χ0v) is 7.75. The third-order valence-corrected chi connectivity index (χ3v) is 2.99. The number of hydrogen-bond donors (Lipinski definition) is 2. The van der Waals surface area contributed by atoms with Crippen LogP contribution < -0.4 is 11.1 Å². The Balaban J connectivity index is 2.14. The van der Waals surface area contributed by atoms with Crippen LogP contribution in [-0.4, -0.2) is 24.0 Å². The van der Waals surface area contributed by atoms with Crippen LogP contribution in [0.5, 0.6) is 0 Å². The van der Waals surface area contributed by atoms with Crippen molar-refractivity contribution in [1.29, 1.82) is 0 Å². The Morgan fingerprint density at radius 1 is 1.42 bits per heavy atom. The largest absolute Gasteiger partial charge is 0.387 e. The molecule has 0 saturated carbocycles. The Hall–Kier alpha value is -0.570. The minimum absolute atomic E-state index is 0.455. The zero-order valence-electron chi connectivity index (χ0n) is 7.75. The molecule has 2 heterocycles. The molecule has 0 aromatic heterocycles. The average molecular weight is 167 g/mol. The van der Waals surface area contributed by atoms with Gasteiger partial charge in [-0.25, -0.2) is 0 Å². The lowest BCUT2D eigenvalue weighted by atomic mass is 9.93. The topological polar surface area (TPSA) is 50.4 Å². The van der Waals surface area contributed by atoms with Gasteiger partial charge in [0.25, 0.3) is 0 Å². The number of fused-ring (bicyclic) bond motifs is 1. The van der Waals surface area contributed by atoms with Crippen molar-refractivity contribution >= 4 is 5.84 Å². The lowest BCUT2D eigenvalue weighted by Gasteiger charge is -2.26. The molecule has 0 radical (unpaired) electrons. The number of aliphatic imine (C=N–C) groups is 1. The van der Waals surface area contributed by atoms with Gasteiger partial charge in [0.05, 0.1) is 11.9 Å². The maximum Gasteiger partial charge on any atom is 0.0970 e. The fraction of sp³-hybridized carbons (Fsp3) is 0.889. The van der Waals surface area contributed by atoms with Crippen molar-refractivity contribution in [1.82, 2.24) is 5.32 Å². The molecular weight excluding hydrogens is 150 g/mol. The maximum absolute atomic E-state index is 5.80. The molecule has 0 amide bonds. The third-order valence-electron chi connectivity index (χ3n) is 2.99. The molecule has 0 spiro atoms. The Bertz CT molecular complexity index is 212. The first kappa shape index (κ1) is 8.05. The molecule has 0 aliphatic carbocycles. The molecule has 4 unspecified atom stereocenters. The van der Waals surface area contributed by atoms with Crippen molar-refractivity contribution in [3.63, 3.8) is 0 Å². The molecule has 68 valence electrons. The van der Waals surface area contributed by atoms with Gasteiger partial charge < -0.3 is 11.1 Å². The van der Waals surface area contributed by atoms with E-state index >= 15 is 0 Å². The summed E-state index contributed by atoms with van der Waals surface area (Å²) in [6, 6.07) is 1.65. The first-order chi connectivity index (χ1) is 5.66. The smallest absolute Gasteiger partial charge is 0.0970 e. The Labute approximate surface area is 73.4 Å². The molecule has 0 aromatic carbocycles. The molecule has 2 aliphatic heterocycles. The summed E-state index contributed by atoms with van der Waals surface area (Å²) in [5.74, 6) is 1.32. The number of nitrogens with zero attached hydrogens (tertiary/aromatic N) is 1. The van der Waals surface area contributed by atoms with Gasteiger partial charge in [-0.15, -0.1) is 0 Å². The van der Waals surface area contributed by atoms with Crippen molar-refractivity contribution in [3.05, 3.63) is 0 Å². The lowest BCUT2D eigenvalue weighted by molar-refractivity contribution is 0.435. The summed E-state index contributed by atoms with van der Waals surface area (Å²) in [6.07, 6.45) is 2.31. The molecule has 2 rings (SSSR count). The second-order valence-corrected chi connectivity index (χ2v) is 4.17. The summed E-state index contributed by atoms with van der Waals surface area (Å²) in [7, 11) is 0. The Morgan fingerprint density at radius 2 is 2.17 bits per heavy atom. The predicted octanol–water partition coefficient (Wildman–Crippen LogP) is 0.502. The molecule has 3 heteroatoms. The Kier molecular flexibility index (Phi) is 1.83. The van der Waals surface area contributed by atoms with E-state index in [1.54, 1.807) is 0 Å². The van der Waals surface area contributed by atoms with Crippen molar-refractivity contribution < 1.29 is 0 Å². The van der Waals surface area contributed by atoms with Gasteiger partial charge in [0.15, 0.2) is 0 Å². The van der Waals surface area contributed by atoms with E-state index in [2.05, 4.69) is 24.2 Å². The van der Waals surface area contributed by atoms with Gasteiger partial charge in [-0.3, -0.25) is 4.99 Å². The summed E-state index contributed by atoms with van der Waals surface area (Å²) in [4.78, 5) is 4.51. The molecule has 3 N–H and O–H groups in total. The number of rotatable bonds is 0. The van der Waals surface area contributed by atoms with Crippen LogP contribution in [0.2, 0.25) is 0 Å². The summed E-state index contributed by atoms with van der Waals surface area (Å²) in [5.41, 5.74) is 5.80. The highest BCUT2D eigenvalue weighted by molar-refractivity contribution is 5.83. The van der Waals surface area contributed by atoms with E-state index in [0.29, 0.717) is 24.0 Å². The van der Waals surface area contributed by atoms with Gasteiger partial charge in [0, 0.05) is 18.0 Å². The lowest BCUT2D eigenvalue weighted by Crippen LogP contribution is -2.41. The van der Waals surface area contributed by atoms with E-state index in [1.165, 1.54) is 0 Å². The number of nitrogens with two attached hydrogens (primary N) is 1. The molecule has 0 bridgehead atoms. The van der Waals surface area contributed by atoms with E-state index in [0.717, 1.165) is 18.7 Å². The third kappa shape index (κ3) is 1.22. The highest BCUT2D eigenvalue weighted by Gasteiger charge is 2.35. The summed E-state index contributed by atoms with van der Waals surface area (Å²) in [5, 5.41) is 3.54. The van der Waals surface area contributed by atoms with Crippen molar-refractivity contribution in [2.24, 2.45) is 16.6 Å². The molecule has 1 saturated heterocycles. The van der Waals surface area contributed by atoms with Crippen molar-refractivity contribution in [3.8, 4) is 0 Å². The number of nitrogens with one attached hydrogen (secondary N) is 1. The van der Waals surface area contributed by atoms with Crippen LogP contribution in [-0.2, 0) is 0 Å². The van der Waals surface area contributed by atoms with E-state index < -0.39 is 0 Å². The Morgan fingerprint density at radius 3 is 2.92 bits per heavy atom. The monoisotopic (exact) mass is 167 g/mol. The average Bonchev–Trinajstić information content (AvgIpc) is 2.30. The highest BCUT2D eigenvalue weighted by atomic mass is 15.1. The first-order valence-electron chi connectivity index (χ1n) is 4.76. The quantitative estimate of drug-likeness (QED) is 0.552. The fourth-order valence-corrected chi connectivity index (χ4v) is 2.26. The second-order valence-electron chi connectivity index (χ2n) is 4.17. The van der Waals surface area contributed by atoms with Gasteiger partial charge in [-0.05, 0) is 19.8 Å². The van der Waals surface area contributed by atoms with Crippen molar-refractivity contribution in [2.75, 3.05) is 0 Å². The van der Waals surface area contributed by atoms with E-state index in [1.807, 2.05) is 0 Å². The van der Waals surface area contributed by atoms with Gasteiger partial charge in [-0.2, -0.15) is 0 Å². The van der Waals surface area contributed by atoms with Crippen LogP contribution in [0.25, 0.3) is 0 Å². The molecule has 3 nitrogen and oxygen atoms in total. The molecule has 4 atom stereocenters. The fourth-order valence-electron chi connectivity index (χ4n) is 2.26. The molecule has 12 heavy (non-hydrogen) atoms. The van der Waals surface area contributed by atoms with Gasteiger partial charge >= 0.3 is 0 Å². The van der Waals surface area contributed by atoms with Gasteiger partial charge in [0.1, 0.15) is 0 Å². The normalized spacial score (nSPS) is 47.0. The summed E-state index contributed by atoms with van der Waals surface area (Å²) >= 11 is 0. The van der Waals surface area contributed by atoms with E-state index in [-0.39, 0.29) is 0 Å². The van der Waals surface area contributed by atoms with E-state index in [4.69, 9.17) is 5.73 Å². The predicted molar refractivity (Wildman–Crippen MR) is 50.2 cm³/mol. The van der Waals surface area contributed by atoms with Gasteiger partial charge in [0.2, 0.25) is 0 Å².